The van der Waals surface area contributed by atoms with Crippen LogP contribution in [0.15, 0.2) is 6.20 Å². The maximum absolute atomic E-state index is 10.4. The van der Waals surface area contributed by atoms with E-state index < -0.39 is 5.97 Å². The molecule has 0 saturated carbocycles. The quantitative estimate of drug-likeness (QED) is 0.694. The number of hydrogen-bond acceptors (Lipinski definition) is 2. The predicted molar refractivity (Wildman–Crippen MR) is 46.3 cm³/mol. The lowest BCUT2D eigenvalue weighted by Gasteiger charge is -1.84. The van der Waals surface area contributed by atoms with Crippen molar-refractivity contribution in [2.45, 2.75) is 20.8 Å². The second-order valence-electron chi connectivity index (χ2n) is 2.11. The van der Waals surface area contributed by atoms with E-state index in [1.165, 1.54) is 10.9 Å². The van der Waals surface area contributed by atoms with E-state index in [1.807, 2.05) is 13.8 Å². The summed E-state index contributed by atoms with van der Waals surface area (Å²) in [6, 6.07) is 0. The smallest absolute Gasteiger partial charge is 0.339 e. The normalized spacial score (nSPS) is 8.67. The lowest BCUT2D eigenvalue weighted by atomic mass is 10.3. The number of hydrogen-bond donors (Lipinski definition) is 1. The van der Waals surface area contributed by atoms with Crippen LogP contribution in [0.4, 0.5) is 0 Å². The summed E-state index contributed by atoms with van der Waals surface area (Å²) in [5.74, 6) is -0.925. The molecule has 0 aliphatic rings. The third-order valence-electron chi connectivity index (χ3n) is 1.24. The summed E-state index contributed by atoms with van der Waals surface area (Å²) in [6.07, 6.45) is 1.48. The molecule has 1 heterocycles. The highest BCUT2D eigenvalue weighted by molar-refractivity contribution is 5.88. The molecule has 4 heteroatoms. The topological polar surface area (TPSA) is 55.1 Å². The van der Waals surface area contributed by atoms with Crippen LogP contribution in [0.25, 0.3) is 0 Å². The molecule has 0 unspecified atom stereocenters. The number of carboxylic acid groups (broad SMARTS) is 1. The Hall–Kier alpha value is -1.32. The number of aryl methyl sites for hydroxylation is 2. The van der Waals surface area contributed by atoms with E-state index in [-0.39, 0.29) is 5.56 Å². The summed E-state index contributed by atoms with van der Waals surface area (Å²) in [5.41, 5.74) is 0.817. The zero-order valence-electron chi connectivity index (χ0n) is 7.83. The van der Waals surface area contributed by atoms with E-state index in [0.29, 0.717) is 5.69 Å². The van der Waals surface area contributed by atoms with E-state index in [0.717, 1.165) is 0 Å². The summed E-state index contributed by atoms with van der Waals surface area (Å²) in [5, 5.41) is 12.4. The first-order valence-corrected chi connectivity index (χ1v) is 3.85. The lowest BCUT2D eigenvalue weighted by molar-refractivity contribution is 0.0696. The zero-order chi connectivity index (χ0) is 9.72. The van der Waals surface area contributed by atoms with E-state index in [1.54, 1.807) is 14.0 Å². The van der Waals surface area contributed by atoms with Gasteiger partial charge in [-0.05, 0) is 6.92 Å². The van der Waals surface area contributed by atoms with Gasteiger partial charge in [0.1, 0.15) is 5.56 Å². The summed E-state index contributed by atoms with van der Waals surface area (Å²) >= 11 is 0. The van der Waals surface area contributed by atoms with Gasteiger partial charge in [-0.1, -0.05) is 13.8 Å². The summed E-state index contributed by atoms with van der Waals surface area (Å²) in [7, 11) is 1.69. The molecule has 0 spiro atoms. The highest BCUT2D eigenvalue weighted by Gasteiger charge is 2.08. The molecule has 68 valence electrons. The molecule has 0 bridgehead atoms. The van der Waals surface area contributed by atoms with Gasteiger partial charge in [0.2, 0.25) is 0 Å². The maximum atomic E-state index is 10.4. The molecule has 12 heavy (non-hydrogen) atoms. The SMILES string of the molecule is CC.Cc1nn(C)cc1C(=O)O. The van der Waals surface area contributed by atoms with Gasteiger partial charge in [-0.2, -0.15) is 5.10 Å². The molecule has 0 aromatic carbocycles. The van der Waals surface area contributed by atoms with Crippen molar-refractivity contribution in [1.82, 2.24) is 9.78 Å². The molecule has 1 N–H and O–H groups in total. The van der Waals surface area contributed by atoms with Crippen molar-refractivity contribution >= 4 is 5.97 Å². The Kier molecular flexibility index (Phi) is 4.04. The van der Waals surface area contributed by atoms with Crippen molar-refractivity contribution in [3.63, 3.8) is 0 Å². The van der Waals surface area contributed by atoms with Gasteiger partial charge in [0.05, 0.1) is 5.69 Å². The Balaban J connectivity index is 0.000000561. The number of aromatic nitrogens is 2. The second kappa shape index (κ2) is 4.54. The molecule has 0 amide bonds. The Morgan fingerprint density at radius 3 is 2.25 bits per heavy atom. The van der Waals surface area contributed by atoms with Crippen molar-refractivity contribution in [1.29, 1.82) is 0 Å². The predicted octanol–water partition coefficient (Wildman–Crippen LogP) is 1.45. The van der Waals surface area contributed by atoms with Gasteiger partial charge >= 0.3 is 5.97 Å². The van der Waals surface area contributed by atoms with Crippen LogP contribution < -0.4 is 0 Å². The average Bonchev–Trinajstić information content (AvgIpc) is 2.34. The molecule has 0 saturated heterocycles. The molecule has 0 atom stereocenters. The van der Waals surface area contributed by atoms with Gasteiger partial charge < -0.3 is 5.11 Å². The molecule has 0 aliphatic carbocycles. The molecule has 1 aromatic heterocycles. The van der Waals surface area contributed by atoms with E-state index in [2.05, 4.69) is 5.10 Å². The summed E-state index contributed by atoms with van der Waals surface area (Å²) in [6.45, 7) is 5.67. The van der Waals surface area contributed by atoms with Gasteiger partial charge in [0.25, 0.3) is 0 Å². The van der Waals surface area contributed by atoms with Gasteiger partial charge in [0, 0.05) is 13.2 Å². The molecule has 1 aromatic rings. The lowest BCUT2D eigenvalue weighted by Crippen LogP contribution is -1.95. The van der Waals surface area contributed by atoms with E-state index in [4.69, 9.17) is 5.11 Å². The minimum absolute atomic E-state index is 0.266. The zero-order valence-corrected chi connectivity index (χ0v) is 7.83. The van der Waals surface area contributed by atoms with Gasteiger partial charge in [-0.15, -0.1) is 0 Å². The van der Waals surface area contributed by atoms with E-state index >= 15 is 0 Å². The van der Waals surface area contributed by atoms with E-state index in [9.17, 15) is 4.79 Å². The molecule has 0 aliphatic heterocycles. The minimum atomic E-state index is -0.925. The Bertz CT molecular complexity index is 266. The fourth-order valence-electron chi connectivity index (χ4n) is 0.810. The standard InChI is InChI=1S/C6H8N2O2.C2H6/c1-4-5(6(9)10)3-8(2)7-4;1-2/h3H,1-2H3,(H,9,10);1-2H3. The largest absolute Gasteiger partial charge is 0.478 e. The molecular formula is C8H14N2O2. The van der Waals surface area contributed by atoms with Crippen molar-refractivity contribution < 1.29 is 9.90 Å². The number of nitrogens with zero attached hydrogens (tertiary/aromatic N) is 2. The van der Waals surface area contributed by atoms with Crippen LogP contribution in [0, 0.1) is 6.92 Å². The van der Waals surface area contributed by atoms with Crippen molar-refractivity contribution in [3.05, 3.63) is 17.5 Å². The first-order chi connectivity index (χ1) is 5.61. The van der Waals surface area contributed by atoms with Crippen LogP contribution in [0.3, 0.4) is 0 Å². The van der Waals surface area contributed by atoms with Crippen LogP contribution in [-0.2, 0) is 7.05 Å². The Morgan fingerprint density at radius 1 is 1.58 bits per heavy atom. The monoisotopic (exact) mass is 170 g/mol. The van der Waals surface area contributed by atoms with Crippen LogP contribution >= 0.6 is 0 Å². The highest BCUT2D eigenvalue weighted by atomic mass is 16.4. The number of rotatable bonds is 1. The van der Waals surface area contributed by atoms with Crippen LogP contribution in [0.1, 0.15) is 29.9 Å². The van der Waals surface area contributed by atoms with Crippen molar-refractivity contribution in [2.24, 2.45) is 7.05 Å². The van der Waals surface area contributed by atoms with Crippen LogP contribution in [0.5, 0.6) is 0 Å². The Labute approximate surface area is 71.8 Å². The Morgan fingerprint density at radius 2 is 2.08 bits per heavy atom. The fourth-order valence-corrected chi connectivity index (χ4v) is 0.810. The van der Waals surface area contributed by atoms with Gasteiger partial charge in [-0.3, -0.25) is 4.68 Å². The van der Waals surface area contributed by atoms with Crippen molar-refractivity contribution in [3.8, 4) is 0 Å². The maximum Gasteiger partial charge on any atom is 0.339 e. The van der Waals surface area contributed by atoms with Crippen LogP contribution in [-0.4, -0.2) is 20.9 Å². The van der Waals surface area contributed by atoms with Crippen LogP contribution in [0.2, 0.25) is 0 Å². The number of aromatic carboxylic acids is 1. The first-order valence-electron chi connectivity index (χ1n) is 3.85. The number of carbonyl (C=O) groups is 1. The molecule has 1 rings (SSSR count). The first kappa shape index (κ1) is 10.7. The fraction of sp³-hybridized carbons (Fsp3) is 0.500. The third-order valence-corrected chi connectivity index (χ3v) is 1.24. The number of carboxylic acids is 1. The minimum Gasteiger partial charge on any atom is -0.478 e. The summed E-state index contributed by atoms with van der Waals surface area (Å²) < 4.78 is 1.48. The third kappa shape index (κ3) is 2.38. The van der Waals surface area contributed by atoms with Gasteiger partial charge in [0.15, 0.2) is 0 Å². The van der Waals surface area contributed by atoms with Crippen molar-refractivity contribution in [2.75, 3.05) is 0 Å². The second-order valence-corrected chi connectivity index (χ2v) is 2.11. The molecule has 4 nitrogen and oxygen atoms in total. The molecule has 0 fully saturated rings. The van der Waals surface area contributed by atoms with Gasteiger partial charge in [-0.25, -0.2) is 4.79 Å². The molecular weight excluding hydrogens is 156 g/mol. The summed E-state index contributed by atoms with van der Waals surface area (Å²) in [4.78, 5) is 10.4. The average molecular weight is 170 g/mol. The molecule has 0 radical (unpaired) electrons. The highest BCUT2D eigenvalue weighted by Crippen LogP contribution is 2.02.